The van der Waals surface area contributed by atoms with Gasteiger partial charge in [0.05, 0.1) is 13.1 Å². The molecule has 24 heavy (non-hydrogen) atoms. The molecule has 1 heterocycles. The van der Waals surface area contributed by atoms with Crippen molar-refractivity contribution in [3.05, 3.63) is 35.4 Å². The van der Waals surface area contributed by atoms with Gasteiger partial charge in [-0.05, 0) is 38.0 Å². The summed E-state index contributed by atoms with van der Waals surface area (Å²) in [5.41, 5.74) is -0.531. The zero-order valence-electron chi connectivity index (χ0n) is 14.1. The third kappa shape index (κ3) is 3.91. The lowest BCUT2D eigenvalue weighted by Crippen LogP contribution is -2.62. The molecule has 2 rings (SSSR count). The lowest BCUT2D eigenvalue weighted by Gasteiger charge is -2.35. The summed E-state index contributed by atoms with van der Waals surface area (Å²) in [5.74, 6) is -0.853. The first-order valence-corrected chi connectivity index (χ1v) is 7.96. The van der Waals surface area contributed by atoms with Crippen molar-refractivity contribution in [2.24, 2.45) is 0 Å². The highest BCUT2D eigenvalue weighted by Crippen LogP contribution is 2.17. The maximum absolute atomic E-state index is 12.2. The van der Waals surface area contributed by atoms with E-state index in [4.69, 9.17) is 0 Å². The predicted molar refractivity (Wildman–Crippen MR) is 88.2 cm³/mol. The summed E-state index contributed by atoms with van der Waals surface area (Å²) in [5, 5.41) is 15.4. The zero-order valence-corrected chi connectivity index (χ0v) is 14.1. The number of amides is 4. The van der Waals surface area contributed by atoms with Crippen LogP contribution in [0.5, 0.6) is 0 Å². The molecule has 1 aliphatic rings. The highest BCUT2D eigenvalue weighted by molar-refractivity contribution is 6.01. The van der Waals surface area contributed by atoms with Crippen LogP contribution in [-0.4, -0.2) is 46.0 Å². The number of nitrogens with one attached hydrogen (secondary N) is 2. The van der Waals surface area contributed by atoms with Gasteiger partial charge in [-0.25, -0.2) is 4.79 Å². The van der Waals surface area contributed by atoms with Gasteiger partial charge < -0.3 is 15.7 Å². The number of hydrogen-bond donors (Lipinski definition) is 3. The largest absolute Gasteiger partial charge is 0.378 e. The molecule has 1 aromatic carbocycles. The SMILES string of the molecule is CCC(C)NC(=O)c1cccc(CN2C(=O)NCC(C)(O)C2=O)c1. The number of rotatable bonds is 5. The lowest BCUT2D eigenvalue weighted by molar-refractivity contribution is -0.148. The van der Waals surface area contributed by atoms with Crippen LogP contribution in [0.25, 0.3) is 0 Å². The van der Waals surface area contributed by atoms with E-state index in [0.717, 1.165) is 11.3 Å². The van der Waals surface area contributed by atoms with E-state index in [1.165, 1.54) is 6.92 Å². The Labute approximate surface area is 141 Å². The molecule has 1 fully saturated rings. The number of urea groups is 1. The summed E-state index contributed by atoms with van der Waals surface area (Å²) in [4.78, 5) is 37.2. The van der Waals surface area contributed by atoms with Gasteiger partial charge >= 0.3 is 6.03 Å². The molecule has 4 amide bonds. The standard InChI is InChI=1S/C17H23N3O4/c1-4-11(2)19-14(21)13-7-5-6-12(8-13)9-20-15(22)17(3,24)10-18-16(20)23/h5-8,11,24H,4,9-10H2,1-3H3,(H,18,23)(H,19,21). The molecule has 130 valence electrons. The molecule has 0 bridgehead atoms. The third-order valence-corrected chi connectivity index (χ3v) is 4.05. The topological polar surface area (TPSA) is 98.7 Å². The predicted octanol–water partition coefficient (Wildman–Crippen LogP) is 1.02. The van der Waals surface area contributed by atoms with Crippen molar-refractivity contribution in [3.63, 3.8) is 0 Å². The zero-order chi connectivity index (χ0) is 17.9. The van der Waals surface area contributed by atoms with Gasteiger partial charge in [0, 0.05) is 11.6 Å². The molecular formula is C17H23N3O4. The smallest absolute Gasteiger partial charge is 0.324 e. The maximum Gasteiger partial charge on any atom is 0.324 e. The maximum atomic E-state index is 12.2. The van der Waals surface area contributed by atoms with Crippen LogP contribution in [0.4, 0.5) is 4.79 Å². The molecule has 2 unspecified atom stereocenters. The lowest BCUT2D eigenvalue weighted by atomic mass is 10.0. The molecule has 0 spiro atoms. The minimum Gasteiger partial charge on any atom is -0.378 e. The quantitative estimate of drug-likeness (QED) is 0.749. The molecule has 7 heteroatoms. The first-order chi connectivity index (χ1) is 11.2. The van der Waals surface area contributed by atoms with Crippen molar-refractivity contribution in [1.29, 1.82) is 0 Å². The van der Waals surface area contributed by atoms with Crippen LogP contribution < -0.4 is 10.6 Å². The van der Waals surface area contributed by atoms with E-state index in [1.54, 1.807) is 24.3 Å². The molecular weight excluding hydrogens is 310 g/mol. The van der Waals surface area contributed by atoms with Gasteiger partial charge in [0.25, 0.3) is 11.8 Å². The first-order valence-electron chi connectivity index (χ1n) is 7.96. The summed E-state index contributed by atoms with van der Waals surface area (Å²) in [6.45, 7) is 5.13. The molecule has 1 saturated heterocycles. The fraction of sp³-hybridized carbons (Fsp3) is 0.471. The van der Waals surface area contributed by atoms with Gasteiger partial charge in [0.2, 0.25) is 0 Å². The number of nitrogens with zero attached hydrogens (tertiary/aromatic N) is 1. The highest BCUT2D eigenvalue weighted by atomic mass is 16.3. The minimum atomic E-state index is -1.63. The second-order valence-electron chi connectivity index (χ2n) is 6.31. The summed E-state index contributed by atoms with van der Waals surface area (Å²) < 4.78 is 0. The van der Waals surface area contributed by atoms with Gasteiger partial charge in [-0.1, -0.05) is 19.1 Å². The number of carbonyl (C=O) groups is 3. The van der Waals surface area contributed by atoms with Crippen molar-refractivity contribution in [3.8, 4) is 0 Å². The van der Waals surface area contributed by atoms with E-state index in [0.29, 0.717) is 11.1 Å². The second kappa shape index (κ2) is 7.00. The van der Waals surface area contributed by atoms with Crippen LogP contribution in [0.1, 0.15) is 43.1 Å². The molecule has 1 aliphatic heterocycles. The molecule has 7 nitrogen and oxygen atoms in total. The van der Waals surface area contributed by atoms with E-state index in [-0.39, 0.29) is 25.0 Å². The molecule has 2 atom stereocenters. The van der Waals surface area contributed by atoms with Crippen LogP contribution in [0.3, 0.4) is 0 Å². The first kappa shape index (κ1) is 17.9. The van der Waals surface area contributed by atoms with Crippen molar-refractivity contribution >= 4 is 17.8 Å². The van der Waals surface area contributed by atoms with Crippen molar-refractivity contribution in [2.75, 3.05) is 6.54 Å². The number of benzene rings is 1. The molecule has 3 N–H and O–H groups in total. The molecule has 1 aromatic rings. The third-order valence-electron chi connectivity index (χ3n) is 4.05. The number of hydrogen-bond acceptors (Lipinski definition) is 4. The fourth-order valence-corrected chi connectivity index (χ4v) is 2.35. The molecule has 0 saturated carbocycles. The summed E-state index contributed by atoms with van der Waals surface area (Å²) in [6.07, 6.45) is 0.822. The fourth-order valence-electron chi connectivity index (χ4n) is 2.35. The average Bonchev–Trinajstić information content (AvgIpc) is 2.55. The number of imide groups is 1. The Hall–Kier alpha value is -2.41. The van der Waals surface area contributed by atoms with Crippen molar-refractivity contribution in [2.45, 2.75) is 45.4 Å². The minimum absolute atomic E-state index is 0.00866. The van der Waals surface area contributed by atoms with Crippen LogP contribution in [0.2, 0.25) is 0 Å². The Kier molecular flexibility index (Phi) is 5.23. The van der Waals surface area contributed by atoms with Crippen LogP contribution in [0, 0.1) is 0 Å². The van der Waals surface area contributed by atoms with Gasteiger partial charge in [0.15, 0.2) is 5.60 Å². The average molecular weight is 333 g/mol. The van der Waals surface area contributed by atoms with E-state index in [9.17, 15) is 19.5 Å². The summed E-state index contributed by atoms with van der Waals surface area (Å²) in [7, 11) is 0. The van der Waals surface area contributed by atoms with Gasteiger partial charge in [-0.3, -0.25) is 14.5 Å². The Morgan fingerprint density at radius 1 is 1.46 bits per heavy atom. The van der Waals surface area contributed by atoms with Gasteiger partial charge in [0.1, 0.15) is 0 Å². The van der Waals surface area contributed by atoms with Crippen LogP contribution in [-0.2, 0) is 11.3 Å². The van der Waals surface area contributed by atoms with Crippen LogP contribution >= 0.6 is 0 Å². The highest BCUT2D eigenvalue weighted by Gasteiger charge is 2.42. The van der Waals surface area contributed by atoms with Crippen molar-refractivity contribution in [1.82, 2.24) is 15.5 Å². The number of carbonyl (C=O) groups excluding carboxylic acids is 3. The molecule has 0 aliphatic carbocycles. The Balaban J connectivity index is 2.15. The van der Waals surface area contributed by atoms with E-state index in [1.807, 2.05) is 13.8 Å². The number of aliphatic hydroxyl groups is 1. The van der Waals surface area contributed by atoms with E-state index in [2.05, 4.69) is 10.6 Å². The molecule has 0 radical (unpaired) electrons. The van der Waals surface area contributed by atoms with E-state index >= 15 is 0 Å². The Bertz CT molecular complexity index is 657. The summed E-state index contributed by atoms with van der Waals surface area (Å²) >= 11 is 0. The normalized spacial score (nSPS) is 22.1. The van der Waals surface area contributed by atoms with Gasteiger partial charge in [-0.15, -0.1) is 0 Å². The monoisotopic (exact) mass is 333 g/mol. The van der Waals surface area contributed by atoms with Crippen molar-refractivity contribution < 1.29 is 19.5 Å². The van der Waals surface area contributed by atoms with Gasteiger partial charge in [-0.2, -0.15) is 0 Å². The van der Waals surface area contributed by atoms with E-state index < -0.39 is 17.5 Å². The summed E-state index contributed by atoms with van der Waals surface area (Å²) in [6, 6.07) is 6.25. The molecule has 0 aromatic heterocycles. The Morgan fingerprint density at radius 2 is 2.17 bits per heavy atom. The number of β-amino-alcohol motifs (C(OH)–C–C–N with tert-alkyl or cyclic N) is 1. The Morgan fingerprint density at radius 3 is 2.83 bits per heavy atom. The van der Waals surface area contributed by atoms with Crippen LogP contribution in [0.15, 0.2) is 24.3 Å². The second-order valence-corrected chi connectivity index (χ2v) is 6.31.